The molecule has 2 rings (SSSR count). The van der Waals surface area contributed by atoms with Crippen molar-refractivity contribution in [2.45, 2.75) is 46.5 Å². The van der Waals surface area contributed by atoms with Gasteiger partial charge in [0.05, 0.1) is 0 Å². The van der Waals surface area contributed by atoms with Gasteiger partial charge in [0.1, 0.15) is 0 Å². The Morgan fingerprint density at radius 3 is 2.30 bits per heavy atom. The number of nitrogens with one attached hydrogen (secondary N) is 2. The molecule has 0 radical (unpaired) electrons. The molecule has 2 amide bonds. The zero-order valence-electron chi connectivity index (χ0n) is 14.0. The SMILES string of the molecule is CC(C)(C)C1CCC(C(=O)NNC(=O)c2cccc(Cl)c2)CC1. The Kier molecular flexibility index (Phi) is 5.69. The Morgan fingerprint density at radius 1 is 1.09 bits per heavy atom. The van der Waals surface area contributed by atoms with Crippen LogP contribution in [0.25, 0.3) is 0 Å². The number of hydrogen-bond acceptors (Lipinski definition) is 2. The van der Waals surface area contributed by atoms with E-state index in [0.29, 0.717) is 21.9 Å². The highest BCUT2D eigenvalue weighted by Crippen LogP contribution is 2.39. The minimum atomic E-state index is -0.357. The molecule has 1 aromatic rings. The molecule has 1 aliphatic carbocycles. The molecule has 0 heterocycles. The van der Waals surface area contributed by atoms with Gasteiger partial charge in [0.15, 0.2) is 0 Å². The van der Waals surface area contributed by atoms with Crippen molar-refractivity contribution >= 4 is 23.4 Å². The van der Waals surface area contributed by atoms with Gasteiger partial charge in [0.2, 0.25) is 5.91 Å². The van der Waals surface area contributed by atoms with Crippen LogP contribution in [0, 0.1) is 17.3 Å². The average Bonchev–Trinajstić information content (AvgIpc) is 2.51. The Hall–Kier alpha value is -1.55. The van der Waals surface area contributed by atoms with Crippen molar-refractivity contribution < 1.29 is 9.59 Å². The van der Waals surface area contributed by atoms with Gasteiger partial charge in [-0.2, -0.15) is 0 Å². The zero-order chi connectivity index (χ0) is 17.0. The van der Waals surface area contributed by atoms with E-state index in [1.807, 2.05) is 0 Å². The van der Waals surface area contributed by atoms with Crippen molar-refractivity contribution in [1.82, 2.24) is 10.9 Å². The van der Waals surface area contributed by atoms with Gasteiger partial charge in [-0.1, -0.05) is 38.4 Å². The Morgan fingerprint density at radius 2 is 1.74 bits per heavy atom. The van der Waals surface area contributed by atoms with E-state index in [1.54, 1.807) is 24.3 Å². The van der Waals surface area contributed by atoms with Crippen LogP contribution in [0.2, 0.25) is 5.02 Å². The van der Waals surface area contributed by atoms with Gasteiger partial charge in [0, 0.05) is 16.5 Å². The van der Waals surface area contributed by atoms with Gasteiger partial charge in [-0.3, -0.25) is 20.4 Å². The normalized spacial score (nSPS) is 21.6. The number of halogens is 1. The summed E-state index contributed by atoms with van der Waals surface area (Å²) in [7, 11) is 0. The molecule has 1 saturated carbocycles. The fourth-order valence-electron chi connectivity index (χ4n) is 3.14. The first kappa shape index (κ1) is 17.8. The predicted molar refractivity (Wildman–Crippen MR) is 92.0 cm³/mol. The lowest BCUT2D eigenvalue weighted by Crippen LogP contribution is -2.45. The number of hydrogen-bond donors (Lipinski definition) is 2. The molecule has 5 heteroatoms. The largest absolute Gasteiger partial charge is 0.273 e. The molecular formula is C18H25ClN2O2. The summed E-state index contributed by atoms with van der Waals surface area (Å²) in [6.07, 6.45) is 3.87. The molecule has 1 aromatic carbocycles. The molecule has 0 saturated heterocycles. The molecule has 0 aromatic heterocycles. The molecule has 126 valence electrons. The van der Waals surface area contributed by atoms with Gasteiger partial charge in [-0.25, -0.2) is 0 Å². The van der Waals surface area contributed by atoms with Crippen LogP contribution in [-0.2, 0) is 4.79 Å². The fourth-order valence-corrected chi connectivity index (χ4v) is 3.33. The second kappa shape index (κ2) is 7.35. The van der Waals surface area contributed by atoms with Crippen molar-refractivity contribution in [2.24, 2.45) is 17.3 Å². The highest BCUT2D eigenvalue weighted by Gasteiger charge is 2.32. The lowest BCUT2D eigenvalue weighted by atomic mass is 9.70. The molecule has 0 bridgehead atoms. The van der Waals surface area contributed by atoms with Gasteiger partial charge in [0.25, 0.3) is 5.91 Å². The molecular weight excluding hydrogens is 312 g/mol. The minimum Gasteiger partial charge on any atom is -0.273 e. The summed E-state index contributed by atoms with van der Waals surface area (Å²) in [6, 6.07) is 6.62. The third-order valence-corrected chi connectivity index (χ3v) is 4.94. The fraction of sp³-hybridized carbons (Fsp3) is 0.556. The zero-order valence-corrected chi connectivity index (χ0v) is 14.7. The summed E-state index contributed by atoms with van der Waals surface area (Å²) in [5, 5.41) is 0.490. The van der Waals surface area contributed by atoms with E-state index in [9.17, 15) is 9.59 Å². The molecule has 0 aliphatic heterocycles. The smallest absolute Gasteiger partial charge is 0.269 e. The summed E-state index contributed by atoms with van der Waals surface area (Å²) < 4.78 is 0. The highest BCUT2D eigenvalue weighted by molar-refractivity contribution is 6.30. The standard InChI is InChI=1S/C18H25ClN2O2/c1-18(2,3)14-9-7-12(8-10-14)16(22)20-21-17(23)13-5-4-6-15(19)11-13/h4-6,11-12,14H,7-10H2,1-3H3,(H,20,22)(H,21,23). The van der Waals surface area contributed by atoms with Crippen LogP contribution in [0.5, 0.6) is 0 Å². The average molecular weight is 337 g/mol. The van der Waals surface area contributed by atoms with Crippen molar-refractivity contribution in [3.8, 4) is 0 Å². The topological polar surface area (TPSA) is 58.2 Å². The Labute approximate surface area is 143 Å². The lowest BCUT2D eigenvalue weighted by Gasteiger charge is -2.36. The van der Waals surface area contributed by atoms with E-state index in [0.717, 1.165) is 25.7 Å². The molecule has 2 N–H and O–H groups in total. The van der Waals surface area contributed by atoms with Crippen LogP contribution in [0.1, 0.15) is 56.8 Å². The van der Waals surface area contributed by atoms with Crippen LogP contribution >= 0.6 is 11.6 Å². The molecule has 0 spiro atoms. The van der Waals surface area contributed by atoms with E-state index in [1.165, 1.54) is 0 Å². The first-order chi connectivity index (χ1) is 10.8. The summed E-state index contributed by atoms with van der Waals surface area (Å²) in [4.78, 5) is 24.2. The molecule has 1 aliphatic rings. The first-order valence-electron chi connectivity index (χ1n) is 8.13. The van der Waals surface area contributed by atoms with Crippen LogP contribution in [-0.4, -0.2) is 11.8 Å². The van der Waals surface area contributed by atoms with Gasteiger partial charge < -0.3 is 0 Å². The maximum Gasteiger partial charge on any atom is 0.269 e. The number of carbonyl (C=O) groups excluding carboxylic acids is 2. The van der Waals surface area contributed by atoms with Crippen LogP contribution in [0.15, 0.2) is 24.3 Å². The van der Waals surface area contributed by atoms with Crippen molar-refractivity contribution in [1.29, 1.82) is 0 Å². The third-order valence-electron chi connectivity index (χ3n) is 4.71. The Balaban J connectivity index is 1.81. The van der Waals surface area contributed by atoms with Crippen molar-refractivity contribution in [3.63, 3.8) is 0 Å². The van der Waals surface area contributed by atoms with E-state index >= 15 is 0 Å². The molecule has 0 atom stereocenters. The highest BCUT2D eigenvalue weighted by atomic mass is 35.5. The van der Waals surface area contributed by atoms with Crippen LogP contribution in [0.4, 0.5) is 0 Å². The molecule has 23 heavy (non-hydrogen) atoms. The van der Waals surface area contributed by atoms with Gasteiger partial charge in [-0.15, -0.1) is 0 Å². The van der Waals surface area contributed by atoms with Crippen LogP contribution in [0.3, 0.4) is 0 Å². The third kappa shape index (κ3) is 4.96. The number of rotatable bonds is 2. The molecule has 0 unspecified atom stereocenters. The summed E-state index contributed by atoms with van der Waals surface area (Å²) >= 11 is 5.86. The number of amides is 2. The quantitative estimate of drug-likeness (QED) is 0.803. The predicted octanol–water partition coefficient (Wildman–Crippen LogP) is 3.95. The minimum absolute atomic E-state index is 0.0201. The van der Waals surface area contributed by atoms with E-state index in [2.05, 4.69) is 31.6 Å². The second-order valence-electron chi connectivity index (χ2n) is 7.37. The van der Waals surface area contributed by atoms with Crippen molar-refractivity contribution in [2.75, 3.05) is 0 Å². The maximum atomic E-state index is 12.2. The number of benzene rings is 1. The number of hydrazine groups is 1. The second-order valence-corrected chi connectivity index (χ2v) is 7.80. The summed E-state index contributed by atoms with van der Waals surface area (Å²) in [6.45, 7) is 6.76. The molecule has 1 fully saturated rings. The molecule has 4 nitrogen and oxygen atoms in total. The monoisotopic (exact) mass is 336 g/mol. The Bertz CT molecular complexity index is 573. The summed E-state index contributed by atoms with van der Waals surface area (Å²) in [5.74, 6) is 0.179. The van der Waals surface area contributed by atoms with Gasteiger partial charge >= 0.3 is 0 Å². The first-order valence-corrected chi connectivity index (χ1v) is 8.51. The van der Waals surface area contributed by atoms with Gasteiger partial charge in [-0.05, 0) is 55.2 Å². The maximum absolute atomic E-state index is 12.2. The van der Waals surface area contributed by atoms with Crippen LogP contribution < -0.4 is 10.9 Å². The van der Waals surface area contributed by atoms with E-state index in [4.69, 9.17) is 11.6 Å². The number of carbonyl (C=O) groups is 2. The van der Waals surface area contributed by atoms with E-state index < -0.39 is 0 Å². The summed E-state index contributed by atoms with van der Waals surface area (Å²) in [5.41, 5.74) is 5.73. The lowest BCUT2D eigenvalue weighted by molar-refractivity contribution is -0.127. The van der Waals surface area contributed by atoms with E-state index in [-0.39, 0.29) is 17.7 Å². The van der Waals surface area contributed by atoms with Crippen molar-refractivity contribution in [3.05, 3.63) is 34.9 Å².